The van der Waals surface area contributed by atoms with Gasteiger partial charge in [0.05, 0.1) is 7.11 Å². The van der Waals surface area contributed by atoms with Crippen LogP contribution in [0.3, 0.4) is 0 Å². The summed E-state index contributed by atoms with van der Waals surface area (Å²) < 4.78 is 28.1. The first-order valence-electron chi connectivity index (χ1n) is 6.40. The Balaban J connectivity index is 2.40. The Morgan fingerprint density at radius 1 is 1.45 bits per heavy atom. The summed E-state index contributed by atoms with van der Waals surface area (Å²) in [5, 5.41) is 5.15. The molecule has 0 unspecified atom stereocenters. The van der Waals surface area contributed by atoms with Crippen molar-refractivity contribution in [3.8, 4) is 5.75 Å². The molecule has 1 amide bonds. The fourth-order valence-corrected chi connectivity index (χ4v) is 2.87. The quantitative estimate of drug-likeness (QED) is 0.877. The Labute approximate surface area is 118 Å². The molecule has 1 saturated carbocycles. The Hall–Kier alpha value is -1.60. The van der Waals surface area contributed by atoms with Crippen LogP contribution in [-0.4, -0.2) is 38.9 Å². The molecule has 0 bridgehead atoms. The van der Waals surface area contributed by atoms with Gasteiger partial charge in [-0.25, -0.2) is 13.6 Å². The van der Waals surface area contributed by atoms with Crippen molar-refractivity contribution in [1.29, 1.82) is 0 Å². The van der Waals surface area contributed by atoms with E-state index in [2.05, 4.69) is 0 Å². The predicted molar refractivity (Wildman–Crippen MR) is 74.1 cm³/mol. The van der Waals surface area contributed by atoms with E-state index < -0.39 is 10.0 Å². The van der Waals surface area contributed by atoms with Crippen LogP contribution in [0.25, 0.3) is 0 Å². The second kappa shape index (κ2) is 5.41. The van der Waals surface area contributed by atoms with Gasteiger partial charge in [-0.15, -0.1) is 0 Å². The summed E-state index contributed by atoms with van der Waals surface area (Å²) in [5.41, 5.74) is 0.309. The van der Waals surface area contributed by atoms with Crippen molar-refractivity contribution >= 4 is 15.9 Å². The summed E-state index contributed by atoms with van der Waals surface area (Å²) in [5.74, 6) is -0.0407. The zero-order valence-corrected chi connectivity index (χ0v) is 12.3. The number of sulfonamides is 1. The summed E-state index contributed by atoms with van der Waals surface area (Å²) in [4.78, 5) is 14.0. The molecule has 0 heterocycles. The van der Waals surface area contributed by atoms with Crippen molar-refractivity contribution in [2.75, 3.05) is 13.7 Å². The summed E-state index contributed by atoms with van der Waals surface area (Å²) in [6.07, 6.45) is 2.00. The first-order valence-corrected chi connectivity index (χ1v) is 7.95. The summed E-state index contributed by atoms with van der Waals surface area (Å²) in [7, 11) is -2.58. The van der Waals surface area contributed by atoms with Gasteiger partial charge in [-0.2, -0.15) is 0 Å². The average molecular weight is 298 g/mol. The highest BCUT2D eigenvalue weighted by Crippen LogP contribution is 2.29. The van der Waals surface area contributed by atoms with Gasteiger partial charge < -0.3 is 9.64 Å². The number of nitrogens with two attached hydrogens (primary N) is 1. The summed E-state index contributed by atoms with van der Waals surface area (Å²) >= 11 is 0. The number of rotatable bonds is 5. The van der Waals surface area contributed by atoms with E-state index in [-0.39, 0.29) is 22.6 Å². The van der Waals surface area contributed by atoms with Crippen LogP contribution in [0.15, 0.2) is 23.1 Å². The van der Waals surface area contributed by atoms with Crippen LogP contribution < -0.4 is 9.88 Å². The third-order valence-electron chi connectivity index (χ3n) is 3.31. The number of hydrogen-bond donors (Lipinski definition) is 1. The topological polar surface area (TPSA) is 89.7 Å². The van der Waals surface area contributed by atoms with E-state index >= 15 is 0 Å². The molecule has 1 aromatic carbocycles. The molecule has 1 aliphatic rings. The molecule has 2 N–H and O–H groups in total. The van der Waals surface area contributed by atoms with Crippen molar-refractivity contribution in [3.63, 3.8) is 0 Å². The summed E-state index contributed by atoms with van der Waals surface area (Å²) in [6.45, 7) is 2.50. The lowest BCUT2D eigenvalue weighted by atomic mass is 10.2. The average Bonchev–Trinajstić information content (AvgIpc) is 3.22. The molecule has 1 aliphatic carbocycles. The lowest BCUT2D eigenvalue weighted by Crippen LogP contribution is -2.33. The van der Waals surface area contributed by atoms with Crippen LogP contribution in [0.5, 0.6) is 5.75 Å². The van der Waals surface area contributed by atoms with Crippen LogP contribution >= 0.6 is 0 Å². The molecule has 1 aromatic rings. The van der Waals surface area contributed by atoms with Gasteiger partial charge in [0.25, 0.3) is 5.91 Å². The van der Waals surface area contributed by atoms with Crippen LogP contribution in [0, 0.1) is 0 Å². The monoisotopic (exact) mass is 298 g/mol. The van der Waals surface area contributed by atoms with Crippen LogP contribution in [0.4, 0.5) is 0 Å². The highest BCUT2D eigenvalue weighted by Gasteiger charge is 2.32. The fraction of sp³-hybridized carbons (Fsp3) is 0.462. The molecule has 0 atom stereocenters. The maximum atomic E-state index is 12.4. The van der Waals surface area contributed by atoms with Gasteiger partial charge in [0.15, 0.2) is 0 Å². The van der Waals surface area contributed by atoms with Crippen molar-refractivity contribution in [2.45, 2.75) is 30.7 Å². The number of methoxy groups -OCH3 is 1. The van der Waals surface area contributed by atoms with Crippen molar-refractivity contribution in [2.24, 2.45) is 5.14 Å². The number of carbonyl (C=O) groups excluding carboxylic acids is 1. The minimum Gasteiger partial charge on any atom is -0.495 e. The van der Waals surface area contributed by atoms with E-state index in [9.17, 15) is 13.2 Å². The van der Waals surface area contributed by atoms with Gasteiger partial charge in [0.1, 0.15) is 10.6 Å². The SMILES string of the molecule is CCN(C(=O)c1ccc(OC)c(S(N)(=O)=O)c1)C1CC1. The van der Waals surface area contributed by atoms with Gasteiger partial charge in [-0.1, -0.05) is 0 Å². The smallest absolute Gasteiger partial charge is 0.254 e. The molecule has 0 aromatic heterocycles. The number of benzene rings is 1. The first kappa shape index (κ1) is 14.8. The number of ether oxygens (including phenoxy) is 1. The van der Waals surface area contributed by atoms with Crippen LogP contribution in [0.2, 0.25) is 0 Å². The van der Waals surface area contributed by atoms with Crippen molar-refractivity contribution in [1.82, 2.24) is 4.90 Å². The Morgan fingerprint density at radius 3 is 2.55 bits per heavy atom. The minimum absolute atomic E-state index is 0.138. The highest BCUT2D eigenvalue weighted by atomic mass is 32.2. The van der Waals surface area contributed by atoms with E-state index in [0.717, 1.165) is 12.8 Å². The second-order valence-electron chi connectivity index (χ2n) is 4.73. The maximum absolute atomic E-state index is 12.4. The van der Waals surface area contributed by atoms with Gasteiger partial charge >= 0.3 is 0 Å². The zero-order chi connectivity index (χ0) is 14.9. The predicted octanol–water partition coefficient (Wildman–Crippen LogP) is 0.967. The molecule has 20 heavy (non-hydrogen) atoms. The molecule has 0 spiro atoms. The molecule has 110 valence electrons. The second-order valence-corrected chi connectivity index (χ2v) is 6.26. The van der Waals surface area contributed by atoms with Gasteiger partial charge in [-0.05, 0) is 38.0 Å². The Bertz CT molecular complexity index is 623. The van der Waals surface area contributed by atoms with E-state index in [1.165, 1.54) is 19.2 Å². The molecule has 0 aliphatic heterocycles. The molecule has 6 nitrogen and oxygen atoms in total. The van der Waals surface area contributed by atoms with E-state index in [0.29, 0.717) is 12.1 Å². The number of hydrogen-bond acceptors (Lipinski definition) is 4. The molecule has 1 fully saturated rings. The van der Waals surface area contributed by atoms with E-state index in [1.54, 1.807) is 11.0 Å². The minimum atomic E-state index is -3.93. The maximum Gasteiger partial charge on any atom is 0.254 e. The van der Waals surface area contributed by atoms with Gasteiger partial charge in [0, 0.05) is 18.2 Å². The molecule has 7 heteroatoms. The van der Waals surface area contributed by atoms with Crippen molar-refractivity contribution < 1.29 is 17.9 Å². The first-order chi connectivity index (χ1) is 9.38. The molecular weight excluding hydrogens is 280 g/mol. The van der Waals surface area contributed by atoms with E-state index in [4.69, 9.17) is 9.88 Å². The van der Waals surface area contributed by atoms with Gasteiger partial charge in [-0.3, -0.25) is 4.79 Å². The molecule has 2 rings (SSSR count). The van der Waals surface area contributed by atoms with Crippen LogP contribution in [-0.2, 0) is 10.0 Å². The molecule has 0 radical (unpaired) electrons. The molecule has 0 saturated heterocycles. The normalized spacial score (nSPS) is 14.9. The lowest BCUT2D eigenvalue weighted by Gasteiger charge is -2.20. The third-order valence-corrected chi connectivity index (χ3v) is 4.24. The Kier molecular flexibility index (Phi) is 4.01. The van der Waals surface area contributed by atoms with Crippen LogP contribution in [0.1, 0.15) is 30.1 Å². The highest BCUT2D eigenvalue weighted by molar-refractivity contribution is 7.89. The van der Waals surface area contributed by atoms with Gasteiger partial charge in [0.2, 0.25) is 10.0 Å². The number of primary sulfonamides is 1. The fourth-order valence-electron chi connectivity index (χ4n) is 2.15. The van der Waals surface area contributed by atoms with E-state index in [1.807, 2.05) is 6.92 Å². The third kappa shape index (κ3) is 2.94. The largest absolute Gasteiger partial charge is 0.495 e. The standard InChI is InChI=1S/C13H18N2O4S/c1-3-15(10-5-6-10)13(16)9-4-7-11(19-2)12(8-9)20(14,17)18/h4,7-8,10H,3,5-6H2,1-2H3,(H2,14,17,18). The number of nitrogens with zero attached hydrogens (tertiary/aromatic N) is 1. The summed E-state index contributed by atoms with van der Waals surface area (Å²) in [6, 6.07) is 4.56. The lowest BCUT2D eigenvalue weighted by molar-refractivity contribution is 0.0752. The Morgan fingerprint density at radius 2 is 2.10 bits per heavy atom. The zero-order valence-electron chi connectivity index (χ0n) is 11.5. The molecular formula is C13H18N2O4S. The number of carbonyl (C=O) groups is 1. The van der Waals surface area contributed by atoms with Crippen molar-refractivity contribution in [3.05, 3.63) is 23.8 Å². The number of amides is 1.